The highest BCUT2D eigenvalue weighted by atomic mass is 32.2. The highest BCUT2D eigenvalue weighted by Crippen LogP contribution is 1.75. The maximum absolute atomic E-state index is 9.84. The largest absolute Gasteiger partial charge is 0.466 e. The van der Waals surface area contributed by atoms with Gasteiger partial charge in [-0.05, 0) is 0 Å². The van der Waals surface area contributed by atoms with Gasteiger partial charge in [0, 0.05) is 6.08 Å². The van der Waals surface area contributed by atoms with Gasteiger partial charge in [0.2, 0.25) is 0 Å². The molecule has 0 bridgehead atoms. The maximum atomic E-state index is 9.84. The summed E-state index contributed by atoms with van der Waals surface area (Å²) in [6, 6.07) is 0. The smallest absolute Gasteiger partial charge is 0.329 e. The van der Waals surface area contributed by atoms with Crippen LogP contribution in [0.2, 0.25) is 0 Å². The zero-order valence-electron chi connectivity index (χ0n) is 6.56. The molecule has 0 unspecified atom stereocenters. The summed E-state index contributed by atoms with van der Waals surface area (Å²) < 4.78 is 30.7. The molecule has 5 nitrogen and oxygen atoms in total. The summed E-state index contributed by atoms with van der Waals surface area (Å²) >= 11 is 0. The Morgan fingerprint density at radius 2 is 1.83 bits per heavy atom. The molecule has 0 saturated heterocycles. The Morgan fingerprint density at radius 3 is 1.83 bits per heavy atom. The molecule has 70 valence electrons. The maximum Gasteiger partial charge on any atom is 0.329 e. The van der Waals surface area contributed by atoms with Crippen molar-refractivity contribution in [2.75, 3.05) is 7.11 Å². The van der Waals surface area contributed by atoms with Crippen molar-refractivity contribution in [3.63, 3.8) is 0 Å². The molecule has 0 aromatic carbocycles. The quantitative estimate of drug-likeness (QED) is 0.390. The fourth-order valence-electron chi connectivity index (χ4n) is 0.0833. The number of ether oxygens (including phenoxy) is 1. The van der Waals surface area contributed by atoms with Crippen molar-refractivity contribution in [2.24, 2.45) is 0 Å². The minimum Gasteiger partial charge on any atom is -0.466 e. The Morgan fingerprint density at radius 1 is 1.50 bits per heavy atom. The molecule has 0 atom stereocenters. The van der Waals surface area contributed by atoms with E-state index in [0.717, 1.165) is 6.08 Å². The second kappa shape index (κ2) is 6.56. The van der Waals surface area contributed by atoms with Crippen molar-refractivity contribution in [1.29, 1.82) is 0 Å². The number of methoxy groups -OCH3 is 1. The van der Waals surface area contributed by atoms with Gasteiger partial charge in [-0.2, -0.15) is 8.42 Å². The Labute approximate surface area is 71.1 Å². The summed E-state index contributed by atoms with van der Waals surface area (Å²) in [5.74, 6) is -0.394. The molecule has 0 aromatic heterocycles. The van der Waals surface area contributed by atoms with Crippen LogP contribution < -0.4 is 0 Å². The Balaban J connectivity index is 0. The first kappa shape index (κ1) is 13.4. The van der Waals surface area contributed by atoms with E-state index in [-0.39, 0.29) is 0 Å². The lowest BCUT2D eigenvalue weighted by Gasteiger charge is -1.83. The van der Waals surface area contributed by atoms with Crippen molar-refractivity contribution in [1.82, 2.24) is 0 Å². The third-order valence-electron chi connectivity index (χ3n) is 0.578. The molecular weight excluding hydrogens is 184 g/mol. The molecule has 0 heterocycles. The first-order valence-electron chi connectivity index (χ1n) is 2.67. The molecule has 1 N–H and O–H groups in total. The van der Waals surface area contributed by atoms with E-state index in [1.54, 1.807) is 0 Å². The molecular formula is C6H10O5S. The molecule has 0 fully saturated rings. The number of hydrogen-bond donors (Lipinski definition) is 1. The Kier molecular flexibility index (Phi) is 7.36. The van der Waals surface area contributed by atoms with Gasteiger partial charge < -0.3 is 4.74 Å². The van der Waals surface area contributed by atoms with Crippen LogP contribution in [0.5, 0.6) is 0 Å². The van der Waals surface area contributed by atoms with E-state index >= 15 is 0 Å². The molecule has 0 amide bonds. The molecule has 0 spiro atoms. The monoisotopic (exact) mass is 194 g/mol. The van der Waals surface area contributed by atoms with Crippen LogP contribution in [0.1, 0.15) is 0 Å². The fourth-order valence-corrected chi connectivity index (χ4v) is 0.0833. The zero-order chi connectivity index (χ0) is 10.2. The summed E-state index contributed by atoms with van der Waals surface area (Å²) in [6.45, 7) is 5.95. The molecule has 0 radical (unpaired) electrons. The Bertz CT molecular complexity index is 240. The van der Waals surface area contributed by atoms with Gasteiger partial charge in [-0.3, -0.25) is 4.55 Å². The van der Waals surface area contributed by atoms with Gasteiger partial charge in [-0.25, -0.2) is 4.79 Å². The van der Waals surface area contributed by atoms with E-state index in [0.29, 0.717) is 5.41 Å². The van der Waals surface area contributed by atoms with E-state index in [4.69, 9.17) is 4.55 Å². The Hall–Kier alpha value is -1.14. The van der Waals surface area contributed by atoms with Crippen LogP contribution in [-0.2, 0) is 19.6 Å². The molecule has 0 rings (SSSR count). The van der Waals surface area contributed by atoms with E-state index in [9.17, 15) is 13.2 Å². The SMILES string of the molecule is C=CC(=O)OC.C=CS(=O)(=O)O. The summed E-state index contributed by atoms with van der Waals surface area (Å²) in [5, 5.41) is 0.465. The van der Waals surface area contributed by atoms with Crippen LogP contribution in [0, 0.1) is 0 Å². The third-order valence-corrected chi connectivity index (χ3v) is 1.000. The van der Waals surface area contributed by atoms with Gasteiger partial charge in [0.05, 0.1) is 12.5 Å². The van der Waals surface area contributed by atoms with Gasteiger partial charge in [-0.15, -0.1) is 0 Å². The fraction of sp³-hybridized carbons (Fsp3) is 0.167. The number of rotatable bonds is 2. The van der Waals surface area contributed by atoms with E-state index in [2.05, 4.69) is 17.9 Å². The summed E-state index contributed by atoms with van der Waals surface area (Å²) in [4.78, 5) is 9.84. The number of carbonyl (C=O) groups excluding carboxylic acids is 1. The summed E-state index contributed by atoms with van der Waals surface area (Å²) in [7, 11) is -2.59. The van der Waals surface area contributed by atoms with Crippen LogP contribution >= 0.6 is 0 Å². The van der Waals surface area contributed by atoms with Gasteiger partial charge in [0.1, 0.15) is 0 Å². The number of hydrogen-bond acceptors (Lipinski definition) is 4. The molecule has 6 heteroatoms. The minimum absolute atomic E-state index is 0.394. The van der Waals surface area contributed by atoms with Crippen molar-refractivity contribution in [3.05, 3.63) is 24.6 Å². The molecule has 0 aromatic rings. The highest BCUT2D eigenvalue weighted by molar-refractivity contribution is 7.88. The summed E-state index contributed by atoms with van der Waals surface area (Å²) in [5.41, 5.74) is 0. The van der Waals surface area contributed by atoms with Crippen molar-refractivity contribution in [3.8, 4) is 0 Å². The topological polar surface area (TPSA) is 80.7 Å². The lowest BCUT2D eigenvalue weighted by molar-refractivity contribution is -0.134. The molecule has 0 aliphatic carbocycles. The van der Waals surface area contributed by atoms with Gasteiger partial charge in [-0.1, -0.05) is 13.2 Å². The predicted molar refractivity (Wildman–Crippen MR) is 44.0 cm³/mol. The predicted octanol–water partition coefficient (Wildman–Crippen LogP) is 0.363. The third kappa shape index (κ3) is 15.9. The average Bonchev–Trinajstić information content (AvgIpc) is 2.03. The first-order valence-corrected chi connectivity index (χ1v) is 4.18. The molecule has 12 heavy (non-hydrogen) atoms. The van der Waals surface area contributed by atoms with Crippen LogP contribution in [0.3, 0.4) is 0 Å². The van der Waals surface area contributed by atoms with E-state index in [1.807, 2.05) is 0 Å². The van der Waals surface area contributed by atoms with Crippen LogP contribution in [0.4, 0.5) is 0 Å². The van der Waals surface area contributed by atoms with Crippen molar-refractivity contribution < 1.29 is 22.5 Å². The first-order chi connectivity index (χ1) is 5.37. The number of carbonyl (C=O) groups is 1. The molecule has 0 aliphatic heterocycles. The zero-order valence-corrected chi connectivity index (χ0v) is 7.37. The standard InChI is InChI=1S/C4H6O2.C2H4O3S/c1-3-4(5)6-2;1-2-6(3,4)5/h3H,1H2,2H3;2H,1H2,(H,3,4,5). The van der Waals surface area contributed by atoms with Gasteiger partial charge in [0.15, 0.2) is 0 Å². The van der Waals surface area contributed by atoms with Crippen molar-refractivity contribution >= 4 is 16.1 Å². The van der Waals surface area contributed by atoms with Crippen LogP contribution in [0.25, 0.3) is 0 Å². The lowest BCUT2D eigenvalue weighted by Crippen LogP contribution is -1.91. The molecule has 0 saturated carbocycles. The van der Waals surface area contributed by atoms with Gasteiger partial charge >= 0.3 is 5.97 Å². The highest BCUT2D eigenvalue weighted by Gasteiger charge is 1.87. The average molecular weight is 194 g/mol. The summed E-state index contributed by atoms with van der Waals surface area (Å²) in [6.07, 6.45) is 1.11. The number of esters is 1. The normalized spacial score (nSPS) is 8.83. The van der Waals surface area contributed by atoms with Gasteiger partial charge in [0.25, 0.3) is 10.1 Å². The second-order valence-corrected chi connectivity index (χ2v) is 2.77. The van der Waals surface area contributed by atoms with Crippen LogP contribution in [0.15, 0.2) is 24.6 Å². The van der Waals surface area contributed by atoms with Crippen molar-refractivity contribution in [2.45, 2.75) is 0 Å². The minimum atomic E-state index is -3.90. The lowest BCUT2D eigenvalue weighted by atomic mass is 10.7. The second-order valence-electron chi connectivity index (χ2n) is 1.41. The molecule has 0 aliphatic rings. The van der Waals surface area contributed by atoms with E-state index < -0.39 is 16.1 Å². The van der Waals surface area contributed by atoms with Crippen LogP contribution in [-0.4, -0.2) is 26.0 Å². The van der Waals surface area contributed by atoms with E-state index in [1.165, 1.54) is 7.11 Å².